The molecule has 0 aromatic carbocycles. The van der Waals surface area contributed by atoms with Crippen molar-refractivity contribution in [1.82, 2.24) is 0 Å². The quantitative estimate of drug-likeness (QED) is 0.630. The predicted molar refractivity (Wildman–Crippen MR) is 37.9 cm³/mol. The maximum absolute atomic E-state index is 10.3. The van der Waals surface area contributed by atoms with E-state index in [0.29, 0.717) is 12.8 Å². The number of furan rings is 1. The first-order chi connectivity index (χ1) is 4.79. The number of rotatable bonds is 3. The Morgan fingerprint density at radius 2 is 2.50 bits per heavy atom. The Bertz CT molecular complexity index is 203. The zero-order chi connectivity index (χ0) is 7.40. The largest absolute Gasteiger partial charge is 0.469 e. The van der Waals surface area contributed by atoms with Crippen molar-refractivity contribution in [2.45, 2.75) is 12.8 Å². The number of carbonyl (C=O) groups excluding carboxylic acids is 1. The zero-order valence-corrected chi connectivity index (χ0v) is 6.10. The Hall–Kier alpha value is -0.760. The van der Waals surface area contributed by atoms with Gasteiger partial charge in [0.25, 0.3) is 0 Å². The maximum Gasteiger partial charge on any atom is 0.222 e. The van der Waals surface area contributed by atoms with Crippen LogP contribution in [0.1, 0.15) is 12.2 Å². The van der Waals surface area contributed by atoms with E-state index < -0.39 is 0 Å². The molecule has 1 heterocycles. The van der Waals surface area contributed by atoms with Crippen molar-refractivity contribution < 1.29 is 9.21 Å². The molecular formula is C7H7ClO2. The predicted octanol–water partition coefficient (Wildman–Crippen LogP) is 1.98. The molecule has 0 aliphatic rings. The van der Waals surface area contributed by atoms with Gasteiger partial charge in [0, 0.05) is 12.8 Å². The van der Waals surface area contributed by atoms with E-state index in [1.165, 1.54) is 0 Å². The Labute approximate surface area is 63.8 Å². The van der Waals surface area contributed by atoms with Gasteiger partial charge in [0.15, 0.2) is 0 Å². The fourth-order valence-corrected chi connectivity index (χ4v) is 0.771. The van der Waals surface area contributed by atoms with Gasteiger partial charge in [-0.3, -0.25) is 4.79 Å². The van der Waals surface area contributed by atoms with E-state index in [1.807, 2.05) is 6.07 Å². The third kappa shape index (κ3) is 2.23. The molecule has 3 heteroatoms. The molecule has 0 saturated heterocycles. The summed E-state index contributed by atoms with van der Waals surface area (Å²) in [5.41, 5.74) is 0. The molecule has 0 aliphatic carbocycles. The highest BCUT2D eigenvalue weighted by molar-refractivity contribution is 6.63. The van der Waals surface area contributed by atoms with Crippen molar-refractivity contribution >= 4 is 16.8 Å². The van der Waals surface area contributed by atoms with Crippen molar-refractivity contribution in [3.8, 4) is 0 Å². The fourth-order valence-electron chi connectivity index (χ4n) is 0.676. The summed E-state index contributed by atoms with van der Waals surface area (Å²) in [4.78, 5) is 10.3. The summed E-state index contributed by atoms with van der Waals surface area (Å²) in [6.07, 6.45) is 2.51. The summed E-state index contributed by atoms with van der Waals surface area (Å²) in [7, 11) is 0. The average molecular weight is 159 g/mol. The fraction of sp³-hybridized carbons (Fsp3) is 0.286. The maximum atomic E-state index is 10.3. The molecule has 2 nitrogen and oxygen atoms in total. The number of carbonyl (C=O) groups is 1. The van der Waals surface area contributed by atoms with Crippen LogP contribution in [0.5, 0.6) is 0 Å². The summed E-state index contributed by atoms with van der Waals surface area (Å²) in [6, 6.07) is 3.61. The Morgan fingerprint density at radius 3 is 3.00 bits per heavy atom. The standard InChI is InChI=1S/C7H7ClO2/c8-7(9)4-3-6-2-1-5-10-6/h1-2,5H,3-4H2. The van der Waals surface area contributed by atoms with Crippen LogP contribution in [0, 0.1) is 0 Å². The molecule has 0 radical (unpaired) electrons. The van der Waals surface area contributed by atoms with E-state index >= 15 is 0 Å². The number of halogens is 1. The Morgan fingerprint density at radius 1 is 1.70 bits per heavy atom. The highest BCUT2D eigenvalue weighted by atomic mass is 35.5. The Balaban J connectivity index is 2.35. The van der Waals surface area contributed by atoms with Gasteiger partial charge in [-0.15, -0.1) is 0 Å². The first-order valence-corrected chi connectivity index (χ1v) is 3.37. The first kappa shape index (κ1) is 7.35. The van der Waals surface area contributed by atoms with Gasteiger partial charge in [-0.05, 0) is 23.7 Å². The van der Waals surface area contributed by atoms with E-state index in [2.05, 4.69) is 0 Å². The highest BCUT2D eigenvalue weighted by Crippen LogP contribution is 2.04. The van der Waals surface area contributed by atoms with E-state index in [4.69, 9.17) is 16.0 Å². The molecule has 0 amide bonds. The van der Waals surface area contributed by atoms with E-state index in [-0.39, 0.29) is 5.24 Å². The molecule has 0 saturated carbocycles. The van der Waals surface area contributed by atoms with Gasteiger partial charge in [-0.25, -0.2) is 0 Å². The smallest absolute Gasteiger partial charge is 0.222 e. The van der Waals surface area contributed by atoms with E-state index in [1.54, 1.807) is 12.3 Å². The molecule has 0 N–H and O–H groups in total. The lowest BCUT2D eigenvalue weighted by Gasteiger charge is -1.88. The van der Waals surface area contributed by atoms with Gasteiger partial charge in [0.2, 0.25) is 5.24 Å². The third-order valence-corrected chi connectivity index (χ3v) is 1.34. The second-order valence-corrected chi connectivity index (χ2v) is 2.36. The second-order valence-electron chi connectivity index (χ2n) is 1.93. The Kier molecular flexibility index (Phi) is 2.51. The number of hydrogen-bond donors (Lipinski definition) is 0. The van der Waals surface area contributed by atoms with Crippen LogP contribution in [0.3, 0.4) is 0 Å². The van der Waals surface area contributed by atoms with E-state index in [0.717, 1.165) is 5.76 Å². The summed E-state index contributed by atoms with van der Waals surface area (Å²) in [5, 5.41) is -0.323. The van der Waals surface area contributed by atoms with Crippen LogP contribution in [0.4, 0.5) is 0 Å². The van der Waals surface area contributed by atoms with E-state index in [9.17, 15) is 4.79 Å². The molecule has 1 rings (SSSR count). The van der Waals surface area contributed by atoms with Gasteiger partial charge in [0.05, 0.1) is 6.26 Å². The van der Waals surface area contributed by atoms with Crippen molar-refractivity contribution in [3.63, 3.8) is 0 Å². The molecule has 0 unspecified atom stereocenters. The number of hydrogen-bond acceptors (Lipinski definition) is 2. The zero-order valence-electron chi connectivity index (χ0n) is 5.34. The normalized spacial score (nSPS) is 9.70. The molecule has 1 aromatic heterocycles. The minimum atomic E-state index is -0.323. The molecule has 1 aromatic rings. The number of aryl methyl sites for hydroxylation is 1. The van der Waals surface area contributed by atoms with Crippen LogP contribution < -0.4 is 0 Å². The summed E-state index contributed by atoms with van der Waals surface area (Å²) < 4.78 is 4.97. The minimum absolute atomic E-state index is 0.323. The van der Waals surface area contributed by atoms with Crippen LogP contribution in [0.15, 0.2) is 22.8 Å². The molecule has 0 aliphatic heterocycles. The van der Waals surface area contributed by atoms with Crippen molar-refractivity contribution in [2.24, 2.45) is 0 Å². The lowest BCUT2D eigenvalue weighted by Crippen LogP contribution is -1.88. The monoisotopic (exact) mass is 158 g/mol. The van der Waals surface area contributed by atoms with Crippen molar-refractivity contribution in [1.29, 1.82) is 0 Å². The molecule has 0 fully saturated rings. The summed E-state index contributed by atoms with van der Waals surface area (Å²) >= 11 is 5.11. The van der Waals surface area contributed by atoms with Gasteiger partial charge in [-0.1, -0.05) is 0 Å². The first-order valence-electron chi connectivity index (χ1n) is 3.00. The third-order valence-electron chi connectivity index (χ3n) is 1.15. The van der Waals surface area contributed by atoms with Gasteiger partial charge < -0.3 is 4.42 Å². The molecule has 10 heavy (non-hydrogen) atoms. The second kappa shape index (κ2) is 3.42. The van der Waals surface area contributed by atoms with Crippen LogP contribution in [-0.2, 0) is 11.2 Å². The molecule has 0 bridgehead atoms. The lowest BCUT2D eigenvalue weighted by molar-refractivity contribution is -0.111. The average Bonchev–Trinajstić information content (AvgIpc) is 2.34. The van der Waals surface area contributed by atoms with Crippen molar-refractivity contribution in [2.75, 3.05) is 0 Å². The van der Waals surface area contributed by atoms with Crippen LogP contribution in [-0.4, -0.2) is 5.24 Å². The summed E-state index contributed by atoms with van der Waals surface area (Å²) in [6.45, 7) is 0. The molecule has 0 atom stereocenters. The van der Waals surface area contributed by atoms with Crippen molar-refractivity contribution in [3.05, 3.63) is 24.2 Å². The summed E-state index contributed by atoms with van der Waals surface area (Å²) in [5.74, 6) is 0.800. The molecular weight excluding hydrogens is 152 g/mol. The topological polar surface area (TPSA) is 30.2 Å². The van der Waals surface area contributed by atoms with Crippen LogP contribution in [0.25, 0.3) is 0 Å². The van der Waals surface area contributed by atoms with Crippen LogP contribution >= 0.6 is 11.6 Å². The highest BCUT2D eigenvalue weighted by Gasteiger charge is 1.98. The van der Waals surface area contributed by atoms with Gasteiger partial charge in [0.1, 0.15) is 5.76 Å². The van der Waals surface area contributed by atoms with Crippen LogP contribution in [0.2, 0.25) is 0 Å². The van der Waals surface area contributed by atoms with Gasteiger partial charge in [-0.2, -0.15) is 0 Å². The molecule has 54 valence electrons. The lowest BCUT2D eigenvalue weighted by atomic mass is 10.3. The minimum Gasteiger partial charge on any atom is -0.469 e. The SMILES string of the molecule is O=C(Cl)CCc1ccco1. The van der Waals surface area contributed by atoms with Gasteiger partial charge >= 0.3 is 0 Å². The molecule has 0 spiro atoms.